The van der Waals surface area contributed by atoms with Gasteiger partial charge in [-0.05, 0) is 49.1 Å². The van der Waals surface area contributed by atoms with E-state index in [1.54, 1.807) is 12.1 Å². The van der Waals surface area contributed by atoms with E-state index in [0.717, 1.165) is 23.1 Å². The van der Waals surface area contributed by atoms with Gasteiger partial charge in [-0.3, -0.25) is 0 Å². The molecule has 0 saturated heterocycles. The summed E-state index contributed by atoms with van der Waals surface area (Å²) in [4.78, 5) is 0. The van der Waals surface area contributed by atoms with Crippen LogP contribution in [0.4, 0.5) is 4.39 Å². The molecule has 3 heteroatoms. The molecule has 0 aliphatic heterocycles. The molecular weight excluding hydrogens is 317 g/mol. The molecule has 1 aliphatic carbocycles. The highest BCUT2D eigenvalue weighted by atomic mass is 79.9. The molecular formula is C17H23BrFN. The van der Waals surface area contributed by atoms with Crippen molar-refractivity contribution in [3.05, 3.63) is 39.6 Å². The van der Waals surface area contributed by atoms with Crippen LogP contribution >= 0.6 is 15.9 Å². The first-order valence-corrected chi connectivity index (χ1v) is 8.36. The summed E-state index contributed by atoms with van der Waals surface area (Å²) in [6, 6.07) is 4.89. The minimum atomic E-state index is -0.175. The van der Waals surface area contributed by atoms with Gasteiger partial charge in [-0.1, -0.05) is 53.8 Å². The molecule has 0 aromatic heterocycles. The lowest BCUT2D eigenvalue weighted by molar-refractivity contribution is 0.397. The molecule has 1 fully saturated rings. The lowest BCUT2D eigenvalue weighted by atomic mass is 9.83. The molecule has 20 heavy (non-hydrogen) atoms. The van der Waals surface area contributed by atoms with E-state index in [-0.39, 0.29) is 5.82 Å². The van der Waals surface area contributed by atoms with Crippen LogP contribution in [0.3, 0.4) is 0 Å². The van der Waals surface area contributed by atoms with Gasteiger partial charge in [0.1, 0.15) is 5.82 Å². The van der Waals surface area contributed by atoms with Crippen molar-refractivity contribution < 1.29 is 4.39 Å². The second-order valence-corrected chi connectivity index (χ2v) is 6.35. The van der Waals surface area contributed by atoms with E-state index in [0.29, 0.717) is 5.92 Å². The molecule has 1 N–H and O–H groups in total. The van der Waals surface area contributed by atoms with Crippen molar-refractivity contribution in [1.82, 2.24) is 5.32 Å². The lowest BCUT2D eigenvalue weighted by Crippen LogP contribution is -2.22. The van der Waals surface area contributed by atoms with Gasteiger partial charge in [0.15, 0.2) is 0 Å². The first-order valence-electron chi connectivity index (χ1n) is 7.57. The fourth-order valence-corrected chi connectivity index (χ4v) is 3.24. The predicted molar refractivity (Wildman–Crippen MR) is 87.2 cm³/mol. The van der Waals surface area contributed by atoms with Gasteiger partial charge in [0.05, 0.1) is 0 Å². The highest BCUT2D eigenvalue weighted by molar-refractivity contribution is 9.10. The molecule has 1 aromatic carbocycles. The van der Waals surface area contributed by atoms with Crippen LogP contribution in [0, 0.1) is 11.7 Å². The number of hydrogen-bond acceptors (Lipinski definition) is 1. The highest BCUT2D eigenvalue weighted by Gasteiger charge is 2.17. The normalized spacial score (nSPS) is 17.4. The van der Waals surface area contributed by atoms with E-state index >= 15 is 0 Å². The molecule has 0 heterocycles. The van der Waals surface area contributed by atoms with Crippen molar-refractivity contribution in [2.75, 3.05) is 13.1 Å². The number of benzene rings is 1. The largest absolute Gasteiger partial charge is 0.313 e. The van der Waals surface area contributed by atoms with E-state index in [1.807, 2.05) is 0 Å². The molecule has 2 rings (SSSR count). The first-order chi connectivity index (χ1) is 9.70. The van der Waals surface area contributed by atoms with Crippen LogP contribution in [-0.2, 0) is 0 Å². The maximum Gasteiger partial charge on any atom is 0.123 e. The maximum atomic E-state index is 13.4. The van der Waals surface area contributed by atoms with Gasteiger partial charge in [0.25, 0.3) is 0 Å². The van der Waals surface area contributed by atoms with Crippen LogP contribution in [-0.4, -0.2) is 13.1 Å². The quantitative estimate of drug-likeness (QED) is 0.781. The fraction of sp³-hybridized carbons (Fsp3) is 0.529. The van der Waals surface area contributed by atoms with Gasteiger partial charge in [0, 0.05) is 11.0 Å². The third-order valence-corrected chi connectivity index (χ3v) is 4.73. The van der Waals surface area contributed by atoms with Gasteiger partial charge >= 0.3 is 0 Å². The summed E-state index contributed by atoms with van der Waals surface area (Å²) in [6.45, 7) is 4.00. The van der Waals surface area contributed by atoms with Crippen molar-refractivity contribution in [1.29, 1.82) is 0 Å². The van der Waals surface area contributed by atoms with Gasteiger partial charge in [-0.2, -0.15) is 0 Å². The maximum absolute atomic E-state index is 13.4. The van der Waals surface area contributed by atoms with Gasteiger partial charge in [-0.15, -0.1) is 0 Å². The van der Waals surface area contributed by atoms with Crippen molar-refractivity contribution in [2.24, 2.45) is 5.92 Å². The van der Waals surface area contributed by atoms with Crippen LogP contribution in [0.15, 0.2) is 28.2 Å². The molecule has 1 nitrogen and oxygen atoms in total. The Morgan fingerprint density at radius 2 is 2.10 bits per heavy atom. The third-order valence-electron chi connectivity index (χ3n) is 4.01. The number of hydrogen-bond donors (Lipinski definition) is 1. The summed E-state index contributed by atoms with van der Waals surface area (Å²) >= 11 is 3.52. The SMILES string of the molecule is CCNC/C(=C/c1cc(F)ccc1Br)C1CCCCC1. The zero-order valence-electron chi connectivity index (χ0n) is 12.1. The molecule has 0 spiro atoms. The Morgan fingerprint density at radius 3 is 2.80 bits per heavy atom. The van der Waals surface area contributed by atoms with E-state index < -0.39 is 0 Å². The zero-order valence-corrected chi connectivity index (χ0v) is 13.7. The summed E-state index contributed by atoms with van der Waals surface area (Å²) in [6.07, 6.45) is 8.70. The first kappa shape index (κ1) is 15.7. The molecule has 0 amide bonds. The van der Waals surface area contributed by atoms with E-state index in [2.05, 4.69) is 34.2 Å². The molecule has 0 radical (unpaired) electrons. The molecule has 110 valence electrons. The lowest BCUT2D eigenvalue weighted by Gasteiger charge is -2.25. The Labute approximate surface area is 129 Å². The van der Waals surface area contributed by atoms with Crippen molar-refractivity contribution in [3.8, 4) is 0 Å². The van der Waals surface area contributed by atoms with E-state index in [1.165, 1.54) is 43.7 Å². The number of rotatable bonds is 5. The average molecular weight is 340 g/mol. The minimum absolute atomic E-state index is 0.175. The standard InChI is InChI=1S/C17H23BrFN/c1-2-20-12-15(13-6-4-3-5-7-13)10-14-11-16(19)8-9-17(14)18/h8-11,13,20H,2-7,12H2,1H3/b15-10-. The van der Waals surface area contributed by atoms with Gasteiger partial charge in [-0.25, -0.2) is 4.39 Å². The fourth-order valence-electron chi connectivity index (χ4n) is 2.88. The Morgan fingerprint density at radius 1 is 1.35 bits per heavy atom. The summed E-state index contributed by atoms with van der Waals surface area (Å²) in [5, 5.41) is 3.42. The summed E-state index contributed by atoms with van der Waals surface area (Å²) in [5.41, 5.74) is 2.36. The van der Waals surface area contributed by atoms with E-state index in [9.17, 15) is 4.39 Å². The Bertz CT molecular complexity index is 464. The van der Waals surface area contributed by atoms with Crippen LogP contribution in [0.1, 0.15) is 44.6 Å². The van der Waals surface area contributed by atoms with Crippen LogP contribution in [0.5, 0.6) is 0 Å². The summed E-state index contributed by atoms with van der Waals surface area (Å²) < 4.78 is 14.4. The Hall–Kier alpha value is -0.670. The molecule has 1 saturated carbocycles. The molecule has 0 bridgehead atoms. The van der Waals surface area contributed by atoms with Crippen LogP contribution in [0.25, 0.3) is 6.08 Å². The number of halogens is 2. The van der Waals surface area contributed by atoms with Crippen molar-refractivity contribution in [2.45, 2.75) is 39.0 Å². The number of likely N-dealkylation sites (N-methyl/N-ethyl adjacent to an activating group) is 1. The third kappa shape index (κ3) is 4.42. The molecule has 1 aliphatic rings. The molecule has 0 atom stereocenters. The topological polar surface area (TPSA) is 12.0 Å². The minimum Gasteiger partial charge on any atom is -0.313 e. The predicted octanol–water partition coefficient (Wildman–Crippen LogP) is 5.16. The van der Waals surface area contributed by atoms with Crippen molar-refractivity contribution >= 4 is 22.0 Å². The van der Waals surface area contributed by atoms with Gasteiger partial charge in [0.2, 0.25) is 0 Å². The van der Waals surface area contributed by atoms with E-state index in [4.69, 9.17) is 0 Å². The van der Waals surface area contributed by atoms with Crippen molar-refractivity contribution in [3.63, 3.8) is 0 Å². The second kappa shape index (κ2) is 7.94. The van der Waals surface area contributed by atoms with Gasteiger partial charge < -0.3 is 5.32 Å². The van der Waals surface area contributed by atoms with Crippen LogP contribution in [0.2, 0.25) is 0 Å². The average Bonchev–Trinajstić information content (AvgIpc) is 2.48. The highest BCUT2D eigenvalue weighted by Crippen LogP contribution is 2.31. The molecule has 0 unspecified atom stereocenters. The second-order valence-electron chi connectivity index (χ2n) is 5.50. The van der Waals surface area contributed by atoms with Crippen LogP contribution < -0.4 is 5.32 Å². The Kier molecular flexibility index (Phi) is 6.24. The molecule has 1 aromatic rings. The summed E-state index contributed by atoms with van der Waals surface area (Å²) in [7, 11) is 0. The summed E-state index contributed by atoms with van der Waals surface area (Å²) in [5.74, 6) is 0.476. The Balaban J connectivity index is 2.23. The zero-order chi connectivity index (χ0) is 14.4. The monoisotopic (exact) mass is 339 g/mol. The number of nitrogens with one attached hydrogen (secondary N) is 1. The smallest absolute Gasteiger partial charge is 0.123 e.